The number of amides is 1. The highest BCUT2D eigenvalue weighted by molar-refractivity contribution is 7.90. The molecule has 1 atom stereocenters. The number of benzene rings is 1. The highest BCUT2D eigenvalue weighted by atomic mass is 32.2. The molecule has 1 rings (SSSR count). The number of rotatable bonds is 6. The van der Waals surface area contributed by atoms with Crippen LogP contribution in [0.15, 0.2) is 30.3 Å². The fourth-order valence-corrected chi connectivity index (χ4v) is 2.10. The molecule has 0 bridgehead atoms. The minimum Gasteiger partial charge on any atom is -0.355 e. The topological polar surface area (TPSA) is 63.2 Å². The molecule has 0 heterocycles. The highest BCUT2D eigenvalue weighted by Gasteiger charge is 2.11. The van der Waals surface area contributed by atoms with E-state index in [2.05, 4.69) is 5.32 Å². The van der Waals surface area contributed by atoms with Crippen molar-refractivity contribution in [3.63, 3.8) is 0 Å². The van der Waals surface area contributed by atoms with Gasteiger partial charge in [-0.25, -0.2) is 8.42 Å². The molecule has 1 aromatic carbocycles. The van der Waals surface area contributed by atoms with Gasteiger partial charge in [0.05, 0.1) is 5.75 Å². The van der Waals surface area contributed by atoms with Gasteiger partial charge in [-0.3, -0.25) is 4.79 Å². The molecule has 1 unspecified atom stereocenters. The van der Waals surface area contributed by atoms with Gasteiger partial charge in [0.25, 0.3) is 0 Å². The number of hydrogen-bond donors (Lipinski definition) is 1. The monoisotopic (exact) mass is 269 g/mol. The third kappa shape index (κ3) is 5.82. The van der Waals surface area contributed by atoms with Crippen LogP contribution in [0.3, 0.4) is 0 Å². The van der Waals surface area contributed by atoms with Crippen LogP contribution in [0.25, 0.3) is 0 Å². The molecule has 0 fully saturated rings. The van der Waals surface area contributed by atoms with Gasteiger partial charge in [-0.2, -0.15) is 0 Å². The van der Waals surface area contributed by atoms with E-state index in [9.17, 15) is 13.2 Å². The minimum absolute atomic E-state index is 0.0154. The van der Waals surface area contributed by atoms with Crippen molar-refractivity contribution in [3.05, 3.63) is 35.9 Å². The lowest BCUT2D eigenvalue weighted by atomic mass is 9.98. The zero-order valence-electron chi connectivity index (χ0n) is 10.7. The van der Waals surface area contributed by atoms with Crippen LogP contribution in [0.1, 0.15) is 24.8 Å². The van der Waals surface area contributed by atoms with E-state index in [0.29, 0.717) is 6.42 Å². The third-order valence-electron chi connectivity index (χ3n) is 2.66. The second-order valence-corrected chi connectivity index (χ2v) is 6.76. The van der Waals surface area contributed by atoms with E-state index in [1.165, 1.54) is 0 Å². The Kier molecular flexibility index (Phi) is 5.34. The van der Waals surface area contributed by atoms with Crippen LogP contribution in [0.2, 0.25) is 0 Å². The lowest BCUT2D eigenvalue weighted by Gasteiger charge is -2.11. The van der Waals surface area contributed by atoms with Gasteiger partial charge in [-0.15, -0.1) is 0 Å². The standard InChI is InChI=1S/C13H19NO3S/c1-11(12-6-4-3-5-7-12)10-13(15)14-8-9-18(2,16)17/h3-7,11H,8-10H2,1-2H3,(H,14,15). The Labute approximate surface area is 108 Å². The largest absolute Gasteiger partial charge is 0.355 e. The van der Waals surface area contributed by atoms with E-state index in [4.69, 9.17) is 0 Å². The van der Waals surface area contributed by atoms with Gasteiger partial charge in [0.15, 0.2) is 0 Å². The first-order chi connectivity index (χ1) is 8.38. The summed E-state index contributed by atoms with van der Waals surface area (Å²) in [6.45, 7) is 2.16. The number of hydrogen-bond acceptors (Lipinski definition) is 3. The van der Waals surface area contributed by atoms with Gasteiger partial charge in [-0.1, -0.05) is 37.3 Å². The molecule has 18 heavy (non-hydrogen) atoms. The van der Waals surface area contributed by atoms with Crippen molar-refractivity contribution in [2.24, 2.45) is 0 Å². The fourth-order valence-electron chi connectivity index (χ4n) is 1.63. The zero-order valence-corrected chi connectivity index (χ0v) is 11.5. The van der Waals surface area contributed by atoms with Crippen LogP contribution in [0, 0.1) is 0 Å². The summed E-state index contributed by atoms with van der Waals surface area (Å²) in [6, 6.07) is 9.77. The van der Waals surface area contributed by atoms with Crippen LogP contribution >= 0.6 is 0 Å². The molecular formula is C13H19NO3S. The number of sulfone groups is 1. The van der Waals surface area contributed by atoms with E-state index >= 15 is 0 Å². The molecule has 1 aromatic rings. The molecule has 0 spiro atoms. The van der Waals surface area contributed by atoms with Gasteiger partial charge in [0.2, 0.25) is 5.91 Å². The van der Waals surface area contributed by atoms with Crippen LogP contribution in [0.5, 0.6) is 0 Å². The Bertz CT molecular complexity index is 482. The molecule has 100 valence electrons. The molecule has 5 heteroatoms. The van der Waals surface area contributed by atoms with Crippen molar-refractivity contribution >= 4 is 15.7 Å². The summed E-state index contributed by atoms with van der Waals surface area (Å²) in [6.07, 6.45) is 1.53. The summed E-state index contributed by atoms with van der Waals surface area (Å²) in [5.74, 6) is -0.00205. The molecule has 4 nitrogen and oxygen atoms in total. The fraction of sp³-hybridized carbons (Fsp3) is 0.462. The smallest absolute Gasteiger partial charge is 0.220 e. The van der Waals surface area contributed by atoms with Gasteiger partial charge >= 0.3 is 0 Å². The lowest BCUT2D eigenvalue weighted by molar-refractivity contribution is -0.121. The zero-order chi connectivity index (χ0) is 13.6. The molecule has 0 aromatic heterocycles. The molecule has 0 aliphatic heterocycles. The minimum atomic E-state index is -3.02. The maximum atomic E-state index is 11.6. The average molecular weight is 269 g/mol. The second kappa shape index (κ2) is 6.54. The van der Waals surface area contributed by atoms with Gasteiger partial charge in [0, 0.05) is 19.2 Å². The van der Waals surface area contributed by atoms with Crippen LogP contribution < -0.4 is 5.32 Å². The molecule has 1 N–H and O–H groups in total. The Balaban J connectivity index is 2.37. The second-order valence-electron chi connectivity index (χ2n) is 4.50. The predicted molar refractivity (Wildman–Crippen MR) is 72.2 cm³/mol. The average Bonchev–Trinajstić information content (AvgIpc) is 2.28. The highest BCUT2D eigenvalue weighted by Crippen LogP contribution is 2.17. The predicted octanol–water partition coefficient (Wildman–Crippen LogP) is 1.34. The van der Waals surface area contributed by atoms with Crippen molar-refractivity contribution in [2.45, 2.75) is 19.3 Å². The number of carbonyl (C=O) groups excluding carboxylic acids is 1. The maximum Gasteiger partial charge on any atom is 0.220 e. The Morgan fingerprint density at radius 1 is 1.28 bits per heavy atom. The number of carbonyl (C=O) groups is 1. The SMILES string of the molecule is CC(CC(=O)NCCS(C)(=O)=O)c1ccccc1. The van der Waals surface area contributed by atoms with E-state index in [1.54, 1.807) is 0 Å². The molecule has 1 amide bonds. The van der Waals surface area contributed by atoms with Gasteiger partial charge in [0.1, 0.15) is 9.84 Å². The number of nitrogens with one attached hydrogen (secondary N) is 1. The Morgan fingerprint density at radius 3 is 2.44 bits per heavy atom. The first-order valence-electron chi connectivity index (χ1n) is 5.88. The lowest BCUT2D eigenvalue weighted by Crippen LogP contribution is -2.29. The Hall–Kier alpha value is -1.36. The van der Waals surface area contributed by atoms with Gasteiger partial charge in [-0.05, 0) is 11.5 Å². The molecule has 0 radical (unpaired) electrons. The van der Waals surface area contributed by atoms with Crippen molar-refractivity contribution < 1.29 is 13.2 Å². The summed E-state index contributed by atoms with van der Waals surface area (Å²) in [7, 11) is -3.02. The summed E-state index contributed by atoms with van der Waals surface area (Å²) in [4.78, 5) is 11.6. The van der Waals surface area contributed by atoms with Crippen molar-refractivity contribution in [1.29, 1.82) is 0 Å². The van der Waals surface area contributed by atoms with Crippen LogP contribution in [-0.4, -0.2) is 32.9 Å². The van der Waals surface area contributed by atoms with E-state index in [1.807, 2.05) is 37.3 Å². The van der Waals surface area contributed by atoms with E-state index in [-0.39, 0.29) is 24.1 Å². The Morgan fingerprint density at radius 2 is 1.89 bits per heavy atom. The first kappa shape index (κ1) is 14.7. The van der Waals surface area contributed by atoms with E-state index < -0.39 is 9.84 Å². The van der Waals surface area contributed by atoms with Gasteiger partial charge < -0.3 is 5.32 Å². The quantitative estimate of drug-likeness (QED) is 0.847. The summed E-state index contributed by atoms with van der Waals surface area (Å²) < 4.78 is 21.8. The first-order valence-corrected chi connectivity index (χ1v) is 7.94. The third-order valence-corrected chi connectivity index (χ3v) is 3.60. The summed E-state index contributed by atoms with van der Waals surface area (Å²) >= 11 is 0. The molecular weight excluding hydrogens is 250 g/mol. The molecule has 0 aliphatic rings. The molecule has 0 saturated carbocycles. The summed E-state index contributed by atoms with van der Waals surface area (Å²) in [5, 5.41) is 2.62. The van der Waals surface area contributed by atoms with Crippen molar-refractivity contribution in [2.75, 3.05) is 18.6 Å². The normalized spacial score (nSPS) is 13.0. The molecule has 0 saturated heterocycles. The summed E-state index contributed by atoms with van der Waals surface area (Å²) in [5.41, 5.74) is 1.11. The van der Waals surface area contributed by atoms with Crippen molar-refractivity contribution in [1.82, 2.24) is 5.32 Å². The molecule has 0 aliphatic carbocycles. The van der Waals surface area contributed by atoms with Crippen LogP contribution in [-0.2, 0) is 14.6 Å². The van der Waals surface area contributed by atoms with Crippen LogP contribution in [0.4, 0.5) is 0 Å². The maximum absolute atomic E-state index is 11.6. The van der Waals surface area contributed by atoms with Crippen molar-refractivity contribution in [3.8, 4) is 0 Å². The van der Waals surface area contributed by atoms with E-state index in [0.717, 1.165) is 11.8 Å².